The lowest BCUT2D eigenvalue weighted by molar-refractivity contribution is 0.340. The lowest BCUT2D eigenvalue weighted by Gasteiger charge is -2.14. The monoisotopic (exact) mass is 269 g/mol. The summed E-state index contributed by atoms with van der Waals surface area (Å²) in [6.45, 7) is 10.0. The number of nitrogens with one attached hydrogen (secondary N) is 1. The summed E-state index contributed by atoms with van der Waals surface area (Å²) < 4.78 is 5.52. The van der Waals surface area contributed by atoms with Crippen LogP contribution in [0.2, 0.25) is 0 Å². The number of ether oxygens (including phenoxy) is 1. The molecule has 2 aromatic rings. The van der Waals surface area contributed by atoms with E-state index in [2.05, 4.69) is 44.3 Å². The van der Waals surface area contributed by atoms with Crippen molar-refractivity contribution in [2.45, 2.75) is 34.2 Å². The summed E-state index contributed by atoms with van der Waals surface area (Å²) in [5.74, 6) is 0.912. The van der Waals surface area contributed by atoms with Crippen LogP contribution in [0.15, 0.2) is 36.4 Å². The minimum absolute atomic E-state index is 0.694. The van der Waals surface area contributed by atoms with Crippen molar-refractivity contribution in [3.63, 3.8) is 0 Å². The maximum atomic E-state index is 5.52. The van der Waals surface area contributed by atoms with Crippen molar-refractivity contribution in [2.24, 2.45) is 0 Å². The third-order valence-corrected chi connectivity index (χ3v) is 3.45. The minimum Gasteiger partial charge on any atom is -0.494 e. The molecule has 2 rings (SSSR count). The highest BCUT2D eigenvalue weighted by atomic mass is 16.5. The molecule has 2 aromatic carbocycles. The van der Waals surface area contributed by atoms with Gasteiger partial charge in [-0.25, -0.2) is 0 Å². The number of benzene rings is 2. The summed E-state index contributed by atoms with van der Waals surface area (Å²) in [5.41, 5.74) is 6.47. The summed E-state index contributed by atoms with van der Waals surface area (Å²) >= 11 is 0. The fraction of sp³-hybridized carbons (Fsp3) is 0.333. The molecule has 0 saturated heterocycles. The van der Waals surface area contributed by atoms with Gasteiger partial charge in [-0.1, -0.05) is 23.8 Å². The van der Waals surface area contributed by atoms with E-state index in [1.807, 2.05) is 25.1 Å². The van der Waals surface area contributed by atoms with Gasteiger partial charge in [-0.15, -0.1) is 0 Å². The highest BCUT2D eigenvalue weighted by molar-refractivity contribution is 5.49. The summed E-state index contributed by atoms with van der Waals surface area (Å²) in [6.07, 6.45) is 0. The summed E-state index contributed by atoms with van der Waals surface area (Å²) in [4.78, 5) is 0. The molecule has 0 amide bonds. The van der Waals surface area contributed by atoms with Crippen LogP contribution in [0, 0.1) is 20.8 Å². The van der Waals surface area contributed by atoms with Crippen LogP contribution in [-0.2, 0) is 6.54 Å². The van der Waals surface area contributed by atoms with E-state index in [-0.39, 0.29) is 0 Å². The molecular weight excluding hydrogens is 246 g/mol. The van der Waals surface area contributed by atoms with Crippen molar-refractivity contribution in [2.75, 3.05) is 11.9 Å². The molecule has 0 heterocycles. The molecule has 2 heteroatoms. The number of hydrogen-bond donors (Lipinski definition) is 1. The zero-order valence-electron chi connectivity index (χ0n) is 12.8. The van der Waals surface area contributed by atoms with Crippen LogP contribution in [0.5, 0.6) is 5.75 Å². The topological polar surface area (TPSA) is 21.3 Å². The summed E-state index contributed by atoms with van der Waals surface area (Å²) in [7, 11) is 0. The second-order valence-electron chi connectivity index (χ2n) is 5.19. The largest absolute Gasteiger partial charge is 0.494 e. The van der Waals surface area contributed by atoms with Crippen LogP contribution in [-0.4, -0.2) is 6.61 Å². The lowest BCUT2D eigenvalue weighted by atomic mass is 10.00. The molecule has 2 nitrogen and oxygen atoms in total. The molecule has 0 atom stereocenters. The van der Waals surface area contributed by atoms with E-state index in [4.69, 9.17) is 4.74 Å². The van der Waals surface area contributed by atoms with E-state index in [1.165, 1.54) is 22.3 Å². The molecule has 106 valence electrons. The maximum Gasteiger partial charge on any atom is 0.121 e. The second kappa shape index (κ2) is 6.47. The van der Waals surface area contributed by atoms with Crippen LogP contribution in [0.4, 0.5) is 5.69 Å². The number of rotatable bonds is 5. The van der Waals surface area contributed by atoms with Crippen LogP contribution in [0.1, 0.15) is 29.2 Å². The standard InChI is InChI=1S/C18H23NO/c1-5-20-17-8-6-7-16(11-17)19-12-18-14(3)9-13(2)10-15(18)4/h6-11,19H,5,12H2,1-4H3. The molecular formula is C18H23NO. The van der Waals surface area contributed by atoms with Gasteiger partial charge in [0.05, 0.1) is 6.61 Å². The van der Waals surface area contributed by atoms with Gasteiger partial charge in [-0.05, 0) is 56.5 Å². The van der Waals surface area contributed by atoms with Gasteiger partial charge in [-0.2, -0.15) is 0 Å². The van der Waals surface area contributed by atoms with Crippen molar-refractivity contribution >= 4 is 5.69 Å². The van der Waals surface area contributed by atoms with Gasteiger partial charge in [0.15, 0.2) is 0 Å². The fourth-order valence-electron chi connectivity index (χ4n) is 2.54. The van der Waals surface area contributed by atoms with E-state index in [1.54, 1.807) is 0 Å². The first-order chi connectivity index (χ1) is 9.60. The maximum absolute atomic E-state index is 5.52. The van der Waals surface area contributed by atoms with Gasteiger partial charge in [0, 0.05) is 18.3 Å². The first kappa shape index (κ1) is 14.4. The summed E-state index contributed by atoms with van der Waals surface area (Å²) in [6, 6.07) is 12.6. The van der Waals surface area contributed by atoms with Crippen LogP contribution >= 0.6 is 0 Å². The van der Waals surface area contributed by atoms with Gasteiger partial charge < -0.3 is 10.1 Å². The van der Waals surface area contributed by atoms with Crippen molar-refractivity contribution < 1.29 is 4.74 Å². The van der Waals surface area contributed by atoms with Crippen molar-refractivity contribution in [3.05, 3.63) is 58.7 Å². The molecule has 20 heavy (non-hydrogen) atoms. The van der Waals surface area contributed by atoms with Gasteiger partial charge in [0.2, 0.25) is 0 Å². The minimum atomic E-state index is 0.694. The normalized spacial score (nSPS) is 10.4. The highest BCUT2D eigenvalue weighted by Crippen LogP contribution is 2.21. The predicted molar refractivity (Wildman–Crippen MR) is 85.6 cm³/mol. The fourth-order valence-corrected chi connectivity index (χ4v) is 2.54. The molecule has 0 unspecified atom stereocenters. The Bertz CT molecular complexity index is 567. The third kappa shape index (κ3) is 3.53. The van der Waals surface area contributed by atoms with Gasteiger partial charge in [0.1, 0.15) is 5.75 Å². The van der Waals surface area contributed by atoms with E-state index in [0.29, 0.717) is 6.61 Å². The molecule has 0 radical (unpaired) electrons. The lowest BCUT2D eigenvalue weighted by Crippen LogP contribution is -2.04. The first-order valence-corrected chi connectivity index (χ1v) is 7.13. The average molecular weight is 269 g/mol. The number of anilines is 1. The second-order valence-corrected chi connectivity index (χ2v) is 5.19. The third-order valence-electron chi connectivity index (χ3n) is 3.45. The Morgan fingerprint density at radius 1 is 1.00 bits per heavy atom. The molecule has 0 fully saturated rings. The molecule has 0 bridgehead atoms. The number of aryl methyl sites for hydroxylation is 3. The first-order valence-electron chi connectivity index (χ1n) is 7.13. The zero-order chi connectivity index (χ0) is 14.5. The SMILES string of the molecule is CCOc1cccc(NCc2c(C)cc(C)cc2C)c1. The van der Waals surface area contributed by atoms with Crippen molar-refractivity contribution in [1.82, 2.24) is 0 Å². The molecule has 0 aliphatic carbocycles. The number of hydrogen-bond acceptors (Lipinski definition) is 2. The van der Waals surface area contributed by atoms with Crippen LogP contribution in [0.25, 0.3) is 0 Å². The highest BCUT2D eigenvalue weighted by Gasteiger charge is 2.04. The van der Waals surface area contributed by atoms with Crippen molar-refractivity contribution in [1.29, 1.82) is 0 Å². The molecule has 0 aliphatic rings. The van der Waals surface area contributed by atoms with Crippen LogP contribution in [0.3, 0.4) is 0 Å². The Hall–Kier alpha value is -1.96. The summed E-state index contributed by atoms with van der Waals surface area (Å²) in [5, 5.41) is 3.48. The van der Waals surface area contributed by atoms with E-state index >= 15 is 0 Å². The average Bonchev–Trinajstić information content (AvgIpc) is 2.38. The van der Waals surface area contributed by atoms with Gasteiger partial charge in [-0.3, -0.25) is 0 Å². The predicted octanol–water partition coefficient (Wildman–Crippen LogP) is 4.62. The van der Waals surface area contributed by atoms with E-state index in [0.717, 1.165) is 18.0 Å². The van der Waals surface area contributed by atoms with Gasteiger partial charge in [0.25, 0.3) is 0 Å². The molecule has 0 saturated carbocycles. The molecule has 0 aromatic heterocycles. The van der Waals surface area contributed by atoms with E-state index < -0.39 is 0 Å². The Labute approximate surface area is 121 Å². The van der Waals surface area contributed by atoms with E-state index in [9.17, 15) is 0 Å². The Kier molecular flexibility index (Phi) is 4.67. The quantitative estimate of drug-likeness (QED) is 0.855. The Morgan fingerprint density at radius 2 is 1.70 bits per heavy atom. The Balaban J connectivity index is 2.11. The van der Waals surface area contributed by atoms with Crippen molar-refractivity contribution in [3.8, 4) is 5.75 Å². The zero-order valence-corrected chi connectivity index (χ0v) is 12.8. The molecule has 1 N–H and O–H groups in total. The smallest absolute Gasteiger partial charge is 0.121 e. The Morgan fingerprint density at radius 3 is 2.35 bits per heavy atom. The van der Waals surface area contributed by atoms with Crippen LogP contribution < -0.4 is 10.1 Å². The van der Waals surface area contributed by atoms with Gasteiger partial charge >= 0.3 is 0 Å². The molecule has 0 aliphatic heterocycles. The molecule has 0 spiro atoms.